The molecule has 1 aliphatic carbocycles. The first-order valence-corrected chi connectivity index (χ1v) is 10.1. The number of benzene rings is 1. The van der Waals surface area contributed by atoms with Crippen molar-refractivity contribution in [3.8, 4) is 5.75 Å². The largest absolute Gasteiger partial charge is 0.488 e. The Hall–Kier alpha value is -2.67. The highest BCUT2D eigenvalue weighted by Crippen LogP contribution is 2.35. The van der Waals surface area contributed by atoms with Crippen LogP contribution < -0.4 is 15.0 Å². The van der Waals surface area contributed by atoms with E-state index in [-0.39, 0.29) is 24.0 Å². The number of para-hydroxylation sites is 1. The summed E-state index contributed by atoms with van der Waals surface area (Å²) >= 11 is 1.61. The number of ether oxygens (including phenoxy) is 1. The van der Waals surface area contributed by atoms with Crippen LogP contribution in [0.4, 0.5) is 5.82 Å². The Morgan fingerprint density at radius 3 is 2.85 bits per heavy atom. The van der Waals surface area contributed by atoms with E-state index in [0.29, 0.717) is 0 Å². The van der Waals surface area contributed by atoms with Gasteiger partial charge in [-0.25, -0.2) is 9.97 Å². The van der Waals surface area contributed by atoms with Crippen molar-refractivity contribution in [2.24, 2.45) is 5.92 Å². The Bertz CT molecular complexity index is 949. The summed E-state index contributed by atoms with van der Waals surface area (Å²) in [6, 6.07) is 12.1. The maximum Gasteiger partial charge on any atom is 0.223 e. The van der Waals surface area contributed by atoms with Crippen molar-refractivity contribution in [3.05, 3.63) is 48.1 Å². The SMILES string of the molecule is O=C(NC1CN(c2ccccn2)C1)C1CC(Oc2cccc3scnc23)C1. The second-order valence-electron chi connectivity index (χ2n) is 7.16. The van der Waals surface area contributed by atoms with Crippen LogP contribution in [0.15, 0.2) is 48.1 Å². The Labute approximate surface area is 161 Å². The van der Waals surface area contributed by atoms with E-state index < -0.39 is 0 Å². The number of rotatable bonds is 5. The Morgan fingerprint density at radius 1 is 1.15 bits per heavy atom. The fourth-order valence-electron chi connectivity index (χ4n) is 3.63. The van der Waals surface area contributed by atoms with Gasteiger partial charge in [0.2, 0.25) is 5.91 Å². The number of thiazole rings is 1. The fraction of sp³-hybridized carbons (Fsp3) is 0.350. The van der Waals surface area contributed by atoms with Crippen LogP contribution in [0.1, 0.15) is 12.8 Å². The van der Waals surface area contributed by atoms with E-state index in [1.54, 1.807) is 17.5 Å². The summed E-state index contributed by atoms with van der Waals surface area (Å²) in [5.41, 5.74) is 2.75. The summed E-state index contributed by atoms with van der Waals surface area (Å²) in [7, 11) is 0. The fourth-order valence-corrected chi connectivity index (χ4v) is 4.32. The van der Waals surface area contributed by atoms with Gasteiger partial charge in [-0.2, -0.15) is 0 Å². The number of hydrogen-bond donors (Lipinski definition) is 1. The molecule has 0 unspecified atom stereocenters. The van der Waals surface area contributed by atoms with Gasteiger partial charge in [-0.15, -0.1) is 11.3 Å². The molecule has 1 amide bonds. The zero-order valence-corrected chi connectivity index (χ0v) is 15.6. The van der Waals surface area contributed by atoms with Gasteiger partial charge in [-0.05, 0) is 37.1 Å². The monoisotopic (exact) mass is 380 g/mol. The third-order valence-corrected chi connectivity index (χ3v) is 6.08. The smallest absolute Gasteiger partial charge is 0.223 e. The number of carbonyl (C=O) groups is 1. The van der Waals surface area contributed by atoms with E-state index >= 15 is 0 Å². The molecule has 138 valence electrons. The second kappa shape index (κ2) is 6.81. The molecule has 0 bridgehead atoms. The minimum absolute atomic E-state index is 0.0496. The van der Waals surface area contributed by atoms with Crippen LogP contribution in [-0.4, -0.2) is 41.1 Å². The molecule has 2 aliphatic rings. The number of carbonyl (C=O) groups excluding carboxylic acids is 1. The van der Waals surface area contributed by atoms with Crippen LogP contribution >= 0.6 is 11.3 Å². The Kier molecular flexibility index (Phi) is 4.16. The van der Waals surface area contributed by atoms with Crippen molar-refractivity contribution in [3.63, 3.8) is 0 Å². The molecule has 6 nitrogen and oxygen atoms in total. The molecule has 7 heteroatoms. The number of nitrogens with one attached hydrogen (secondary N) is 1. The molecule has 1 aliphatic heterocycles. The van der Waals surface area contributed by atoms with Gasteiger partial charge in [0.15, 0.2) is 0 Å². The lowest BCUT2D eigenvalue weighted by Gasteiger charge is -2.42. The molecule has 0 radical (unpaired) electrons. The molecule has 0 atom stereocenters. The maximum absolute atomic E-state index is 12.4. The molecular formula is C20H20N4O2S. The number of pyridine rings is 1. The van der Waals surface area contributed by atoms with Gasteiger partial charge in [-0.1, -0.05) is 12.1 Å². The van der Waals surface area contributed by atoms with Gasteiger partial charge >= 0.3 is 0 Å². The molecule has 3 aromatic rings. The maximum atomic E-state index is 12.4. The molecule has 3 heterocycles. The van der Waals surface area contributed by atoms with E-state index in [1.165, 1.54) is 0 Å². The highest BCUT2D eigenvalue weighted by Gasteiger charge is 2.38. The van der Waals surface area contributed by atoms with E-state index in [2.05, 4.69) is 20.2 Å². The summed E-state index contributed by atoms with van der Waals surface area (Å²) in [5.74, 6) is 1.99. The van der Waals surface area contributed by atoms with Crippen LogP contribution in [0, 0.1) is 5.92 Å². The lowest BCUT2D eigenvalue weighted by molar-refractivity contribution is -0.131. The molecule has 1 saturated carbocycles. The first-order chi connectivity index (χ1) is 13.3. The average Bonchev–Trinajstić information content (AvgIpc) is 3.10. The summed E-state index contributed by atoms with van der Waals surface area (Å²) < 4.78 is 7.20. The highest BCUT2D eigenvalue weighted by molar-refractivity contribution is 7.16. The third kappa shape index (κ3) is 3.23. The Morgan fingerprint density at radius 2 is 2.04 bits per heavy atom. The molecule has 1 saturated heterocycles. The van der Waals surface area contributed by atoms with Crippen LogP contribution in [0.2, 0.25) is 0 Å². The van der Waals surface area contributed by atoms with Gasteiger partial charge in [-0.3, -0.25) is 4.79 Å². The topological polar surface area (TPSA) is 67.4 Å². The highest BCUT2D eigenvalue weighted by atomic mass is 32.1. The minimum Gasteiger partial charge on any atom is -0.488 e. The van der Waals surface area contributed by atoms with E-state index in [1.807, 2.05) is 41.9 Å². The van der Waals surface area contributed by atoms with Crippen molar-refractivity contribution in [1.82, 2.24) is 15.3 Å². The molecule has 0 spiro atoms. The second-order valence-corrected chi connectivity index (χ2v) is 8.05. The molecule has 1 aromatic carbocycles. The number of anilines is 1. The summed E-state index contributed by atoms with van der Waals surface area (Å²) in [4.78, 5) is 23.3. The van der Waals surface area contributed by atoms with E-state index in [4.69, 9.17) is 4.74 Å². The molecule has 2 fully saturated rings. The van der Waals surface area contributed by atoms with Crippen LogP contribution in [-0.2, 0) is 4.79 Å². The quantitative estimate of drug-likeness (QED) is 0.737. The van der Waals surface area contributed by atoms with Crippen LogP contribution in [0.5, 0.6) is 5.75 Å². The zero-order chi connectivity index (χ0) is 18.2. The predicted octanol–water partition coefficient (Wildman–Crippen LogP) is 2.85. The summed E-state index contributed by atoms with van der Waals surface area (Å²) in [5, 5.41) is 3.15. The normalized spacial score (nSPS) is 22.1. The molecule has 2 aromatic heterocycles. The van der Waals surface area contributed by atoms with Crippen molar-refractivity contribution >= 4 is 33.3 Å². The average molecular weight is 380 g/mol. The first kappa shape index (κ1) is 16.5. The van der Waals surface area contributed by atoms with Crippen LogP contribution in [0.3, 0.4) is 0 Å². The zero-order valence-electron chi connectivity index (χ0n) is 14.7. The summed E-state index contributed by atoms with van der Waals surface area (Å²) in [6.45, 7) is 1.64. The first-order valence-electron chi connectivity index (χ1n) is 9.21. The minimum atomic E-state index is 0.0496. The molecular weight excluding hydrogens is 360 g/mol. The van der Waals surface area contributed by atoms with Gasteiger partial charge in [0.25, 0.3) is 0 Å². The Balaban J connectivity index is 1.09. The van der Waals surface area contributed by atoms with Gasteiger partial charge in [0.05, 0.1) is 16.3 Å². The van der Waals surface area contributed by atoms with E-state index in [0.717, 1.165) is 47.7 Å². The van der Waals surface area contributed by atoms with Crippen molar-refractivity contribution in [2.45, 2.75) is 25.0 Å². The van der Waals surface area contributed by atoms with Gasteiger partial charge in [0.1, 0.15) is 23.2 Å². The van der Waals surface area contributed by atoms with E-state index in [9.17, 15) is 4.79 Å². The lowest BCUT2D eigenvalue weighted by atomic mass is 9.81. The van der Waals surface area contributed by atoms with Crippen LogP contribution in [0.25, 0.3) is 10.2 Å². The van der Waals surface area contributed by atoms with Crippen molar-refractivity contribution in [1.29, 1.82) is 0 Å². The van der Waals surface area contributed by atoms with Gasteiger partial charge < -0.3 is 15.0 Å². The molecule has 27 heavy (non-hydrogen) atoms. The van der Waals surface area contributed by atoms with Crippen molar-refractivity contribution in [2.75, 3.05) is 18.0 Å². The van der Waals surface area contributed by atoms with Gasteiger partial charge in [0, 0.05) is 25.2 Å². The number of hydrogen-bond acceptors (Lipinski definition) is 6. The standard InChI is InChI=1S/C20H20N4O2S/c25-20(23-14-10-24(11-14)18-6-1-2-7-21-18)13-8-15(9-13)26-16-4-3-5-17-19(16)22-12-27-17/h1-7,12-15H,8-11H2,(H,23,25). The number of amides is 1. The predicted molar refractivity (Wildman–Crippen MR) is 105 cm³/mol. The number of fused-ring (bicyclic) bond motifs is 1. The third-order valence-electron chi connectivity index (χ3n) is 5.28. The molecule has 5 rings (SSSR count). The lowest BCUT2D eigenvalue weighted by Crippen LogP contribution is -2.61. The number of nitrogens with zero attached hydrogens (tertiary/aromatic N) is 3. The number of aromatic nitrogens is 2. The summed E-state index contributed by atoms with van der Waals surface area (Å²) in [6.07, 6.45) is 3.42. The molecule has 1 N–H and O–H groups in total. The van der Waals surface area contributed by atoms with Crippen molar-refractivity contribution < 1.29 is 9.53 Å².